The Morgan fingerprint density at radius 1 is 1.06 bits per heavy atom. The highest BCUT2D eigenvalue weighted by Gasteiger charge is 2.33. The van der Waals surface area contributed by atoms with Crippen LogP contribution in [0.1, 0.15) is 44.7 Å². The van der Waals surface area contributed by atoms with Gasteiger partial charge < -0.3 is 19.7 Å². The molecule has 3 heterocycles. The number of methoxy groups -OCH3 is 1. The largest absolute Gasteiger partial charge is 0.497 e. The number of hydrogen-bond acceptors (Lipinski definition) is 5. The van der Waals surface area contributed by atoms with Crippen LogP contribution in [0.3, 0.4) is 0 Å². The number of aromatic amines is 3. The summed E-state index contributed by atoms with van der Waals surface area (Å²) >= 11 is 0. The van der Waals surface area contributed by atoms with Gasteiger partial charge >= 0.3 is 0 Å². The Hall–Kier alpha value is -3.39. The SMILES string of the molecule is COc1ccc2nc(C[C@@H]3C[C@@H](C(C)C)[C@H](CN(Cc4ncc[nH]4)Cc4ncc[nH]4)C=C3C)[nH]c2c1. The molecule has 0 radical (unpaired) electrons. The number of imidazole rings is 3. The lowest BCUT2D eigenvalue weighted by Crippen LogP contribution is -2.37. The van der Waals surface area contributed by atoms with E-state index in [-0.39, 0.29) is 0 Å². The highest BCUT2D eigenvalue weighted by molar-refractivity contribution is 5.76. The average Bonchev–Trinajstić information content (AvgIpc) is 3.62. The molecule has 4 aromatic rings. The van der Waals surface area contributed by atoms with Gasteiger partial charge in [0.1, 0.15) is 23.2 Å². The lowest BCUT2D eigenvalue weighted by Gasteiger charge is -2.39. The first kappa shape index (κ1) is 24.3. The number of benzene rings is 1. The maximum absolute atomic E-state index is 5.38. The smallest absolute Gasteiger partial charge is 0.121 e. The van der Waals surface area contributed by atoms with E-state index in [9.17, 15) is 0 Å². The lowest BCUT2D eigenvalue weighted by molar-refractivity contribution is 0.148. The van der Waals surface area contributed by atoms with Gasteiger partial charge in [0.05, 0.1) is 31.2 Å². The predicted molar refractivity (Wildman–Crippen MR) is 141 cm³/mol. The average molecular weight is 488 g/mol. The summed E-state index contributed by atoms with van der Waals surface area (Å²) < 4.78 is 5.38. The van der Waals surface area contributed by atoms with Crippen molar-refractivity contribution in [2.45, 2.75) is 46.7 Å². The highest BCUT2D eigenvalue weighted by Crippen LogP contribution is 2.39. The second-order valence-corrected chi connectivity index (χ2v) is 10.4. The van der Waals surface area contributed by atoms with Gasteiger partial charge in [-0.3, -0.25) is 4.90 Å². The Morgan fingerprint density at radius 2 is 1.78 bits per heavy atom. The van der Waals surface area contributed by atoms with E-state index < -0.39 is 0 Å². The Balaban J connectivity index is 1.34. The number of nitrogens with one attached hydrogen (secondary N) is 3. The van der Waals surface area contributed by atoms with Crippen molar-refractivity contribution in [2.75, 3.05) is 13.7 Å². The molecule has 0 fully saturated rings. The Kier molecular flexibility index (Phi) is 7.23. The molecule has 1 aliphatic carbocycles. The van der Waals surface area contributed by atoms with E-state index in [4.69, 9.17) is 9.72 Å². The van der Waals surface area contributed by atoms with Crippen molar-refractivity contribution >= 4 is 11.0 Å². The predicted octanol–water partition coefficient (Wildman–Crippen LogP) is 5.12. The van der Waals surface area contributed by atoms with Gasteiger partial charge in [0.2, 0.25) is 0 Å². The summed E-state index contributed by atoms with van der Waals surface area (Å²) in [6.07, 6.45) is 12.0. The van der Waals surface area contributed by atoms with Gasteiger partial charge in [0, 0.05) is 43.8 Å². The third kappa shape index (κ3) is 5.54. The molecule has 0 saturated heterocycles. The van der Waals surface area contributed by atoms with Crippen LogP contribution in [0.25, 0.3) is 11.0 Å². The van der Waals surface area contributed by atoms with Crippen LogP contribution in [-0.2, 0) is 19.5 Å². The molecule has 3 atom stereocenters. The topological polar surface area (TPSA) is 98.5 Å². The fourth-order valence-corrected chi connectivity index (χ4v) is 5.66. The zero-order chi connectivity index (χ0) is 25.1. The molecule has 0 aliphatic heterocycles. The molecule has 3 aromatic heterocycles. The quantitative estimate of drug-likeness (QED) is 0.270. The van der Waals surface area contributed by atoms with Gasteiger partial charge in [-0.05, 0) is 49.1 Å². The summed E-state index contributed by atoms with van der Waals surface area (Å²) in [6.45, 7) is 9.53. The maximum atomic E-state index is 5.38. The second-order valence-electron chi connectivity index (χ2n) is 10.4. The van der Waals surface area contributed by atoms with Crippen LogP contribution in [0.5, 0.6) is 5.75 Å². The highest BCUT2D eigenvalue weighted by atomic mass is 16.5. The summed E-state index contributed by atoms with van der Waals surface area (Å²) in [6, 6.07) is 6.02. The third-order valence-corrected chi connectivity index (χ3v) is 7.59. The normalized spacial score (nSPS) is 20.4. The van der Waals surface area contributed by atoms with E-state index in [0.29, 0.717) is 23.7 Å². The number of aromatic nitrogens is 6. The number of allylic oxidation sites excluding steroid dienone is 1. The van der Waals surface area contributed by atoms with E-state index in [2.05, 4.69) is 56.7 Å². The number of fused-ring (bicyclic) bond motifs is 1. The minimum absolute atomic E-state index is 0.478. The number of rotatable bonds is 10. The lowest BCUT2D eigenvalue weighted by atomic mass is 9.69. The second kappa shape index (κ2) is 10.7. The van der Waals surface area contributed by atoms with Gasteiger partial charge in [-0.1, -0.05) is 25.5 Å². The third-order valence-electron chi connectivity index (χ3n) is 7.59. The number of nitrogens with zero attached hydrogens (tertiary/aromatic N) is 4. The molecular weight excluding hydrogens is 450 g/mol. The summed E-state index contributed by atoms with van der Waals surface area (Å²) in [7, 11) is 1.70. The van der Waals surface area contributed by atoms with Crippen molar-refractivity contribution in [3.05, 3.63) is 72.1 Å². The zero-order valence-corrected chi connectivity index (χ0v) is 21.7. The molecule has 36 heavy (non-hydrogen) atoms. The molecule has 0 bridgehead atoms. The van der Waals surface area contributed by atoms with Gasteiger partial charge in [0.15, 0.2) is 0 Å². The van der Waals surface area contributed by atoms with Crippen molar-refractivity contribution in [3.8, 4) is 5.75 Å². The van der Waals surface area contributed by atoms with Crippen molar-refractivity contribution in [1.29, 1.82) is 0 Å². The molecule has 8 heteroatoms. The molecule has 0 amide bonds. The van der Waals surface area contributed by atoms with Crippen LogP contribution >= 0.6 is 0 Å². The van der Waals surface area contributed by atoms with E-state index in [1.54, 1.807) is 7.11 Å². The Bertz CT molecular complexity index is 1240. The van der Waals surface area contributed by atoms with Crippen molar-refractivity contribution in [1.82, 2.24) is 34.8 Å². The Labute approximate surface area is 212 Å². The summed E-state index contributed by atoms with van der Waals surface area (Å²) in [5.41, 5.74) is 3.49. The van der Waals surface area contributed by atoms with E-state index >= 15 is 0 Å². The van der Waals surface area contributed by atoms with Crippen LogP contribution in [0.4, 0.5) is 0 Å². The number of H-pyrrole nitrogens is 3. The van der Waals surface area contributed by atoms with E-state index in [1.807, 2.05) is 43.0 Å². The summed E-state index contributed by atoms with van der Waals surface area (Å²) in [5, 5.41) is 0. The number of ether oxygens (including phenoxy) is 1. The standard InChI is InChI=1S/C28H37N7O/c1-18(2)23-12-20(13-26-33-24-6-5-22(36-4)14-25(24)34-26)19(3)11-21(23)15-35(16-27-29-7-8-30-27)17-28-31-9-10-32-28/h5-11,14,18,20-21,23H,12-13,15-17H2,1-4H3,(H,29,30)(H,31,32)(H,33,34)/t20-,21-,23-/m0/s1. The van der Waals surface area contributed by atoms with Crippen molar-refractivity contribution < 1.29 is 4.74 Å². The molecule has 1 aromatic carbocycles. The molecule has 0 saturated carbocycles. The van der Waals surface area contributed by atoms with E-state index in [1.165, 1.54) is 12.0 Å². The molecule has 0 unspecified atom stereocenters. The first-order valence-electron chi connectivity index (χ1n) is 12.9. The van der Waals surface area contributed by atoms with E-state index in [0.717, 1.165) is 60.3 Å². The zero-order valence-electron chi connectivity index (χ0n) is 21.7. The van der Waals surface area contributed by atoms with Gasteiger partial charge in [-0.25, -0.2) is 15.0 Å². The minimum atomic E-state index is 0.478. The fourth-order valence-electron chi connectivity index (χ4n) is 5.66. The molecule has 5 rings (SSSR count). The summed E-state index contributed by atoms with van der Waals surface area (Å²) in [4.78, 5) is 26.3. The van der Waals surface area contributed by atoms with Crippen LogP contribution in [0.15, 0.2) is 54.6 Å². The van der Waals surface area contributed by atoms with Gasteiger partial charge in [-0.2, -0.15) is 0 Å². The molecule has 0 spiro atoms. The molecule has 3 N–H and O–H groups in total. The van der Waals surface area contributed by atoms with Crippen LogP contribution in [-0.4, -0.2) is 48.5 Å². The van der Waals surface area contributed by atoms with Gasteiger partial charge in [-0.15, -0.1) is 0 Å². The first-order valence-corrected chi connectivity index (χ1v) is 12.9. The first-order chi connectivity index (χ1) is 17.5. The fraction of sp³-hybridized carbons (Fsp3) is 0.464. The summed E-state index contributed by atoms with van der Waals surface area (Å²) in [5.74, 6) is 6.02. The monoisotopic (exact) mass is 487 g/mol. The van der Waals surface area contributed by atoms with Crippen molar-refractivity contribution in [3.63, 3.8) is 0 Å². The van der Waals surface area contributed by atoms with Crippen LogP contribution in [0, 0.1) is 23.7 Å². The maximum Gasteiger partial charge on any atom is 0.121 e. The molecule has 1 aliphatic rings. The van der Waals surface area contributed by atoms with Gasteiger partial charge in [0.25, 0.3) is 0 Å². The number of hydrogen-bond donors (Lipinski definition) is 3. The van der Waals surface area contributed by atoms with Crippen LogP contribution < -0.4 is 4.74 Å². The Morgan fingerprint density at radius 3 is 2.39 bits per heavy atom. The minimum Gasteiger partial charge on any atom is -0.497 e. The van der Waals surface area contributed by atoms with Crippen molar-refractivity contribution in [2.24, 2.45) is 23.7 Å². The molecule has 190 valence electrons. The molecule has 8 nitrogen and oxygen atoms in total. The van der Waals surface area contributed by atoms with Crippen LogP contribution in [0.2, 0.25) is 0 Å². The molecular formula is C28H37N7O.